The van der Waals surface area contributed by atoms with Gasteiger partial charge in [0.1, 0.15) is 0 Å². The number of aromatic hydroxyl groups is 1. The second-order valence-corrected chi connectivity index (χ2v) is 14.8. The van der Waals surface area contributed by atoms with Gasteiger partial charge in [0.05, 0.1) is 46.9 Å². The number of aliphatic carboxylic acids is 1. The van der Waals surface area contributed by atoms with E-state index in [0.717, 1.165) is 15.5 Å². The van der Waals surface area contributed by atoms with Crippen LogP contribution in [0.25, 0.3) is 0 Å². The average Bonchev–Trinajstić information content (AvgIpc) is 3.48. The van der Waals surface area contributed by atoms with Gasteiger partial charge in [-0.3, -0.25) is 34.3 Å². The van der Waals surface area contributed by atoms with Gasteiger partial charge in [0.2, 0.25) is 11.8 Å². The van der Waals surface area contributed by atoms with E-state index in [4.69, 9.17) is 4.74 Å². The summed E-state index contributed by atoms with van der Waals surface area (Å²) in [5.41, 5.74) is 4.92. The molecule has 0 unspecified atom stereocenters. The molecular formula is C37H33Br2N3O8. The number of phenolic OH excluding ortho intramolecular Hbond substituents is 1. The van der Waals surface area contributed by atoms with Crippen LogP contribution >= 0.6 is 31.9 Å². The van der Waals surface area contributed by atoms with Crippen LogP contribution in [0.4, 0.5) is 5.69 Å². The number of aryl methyl sites for hydroxylation is 1. The standard InChI is InChI=1S/C37H33Br2N3O8/c1-18-8-10-20(11-9-18)40-42-34(47)25-16-23-21(12-13-22-28(23)35(48)41(33(22)46)15-14-27(43)44)29(24-17-26(50-2)32(45)31(39)30(24)38)37(25,36(42)49)19-6-4-3-5-7-19/h3-12,17,22-23,25,28-29,40,45H,13-16H2,1-2H3,(H,43,44)/t22-,23+,25-,28-,29+,37+/m0/s1. The lowest BCUT2D eigenvalue weighted by atomic mass is 9.49. The number of likely N-dealkylation sites (tertiary alicyclic amines) is 1. The van der Waals surface area contributed by atoms with E-state index in [9.17, 15) is 29.4 Å². The number of hydrogen-bond acceptors (Lipinski definition) is 8. The third-order valence-corrected chi connectivity index (χ3v) is 12.9. The van der Waals surface area contributed by atoms with Gasteiger partial charge in [-0.25, -0.2) is 0 Å². The Morgan fingerprint density at radius 1 is 0.980 bits per heavy atom. The van der Waals surface area contributed by atoms with Gasteiger partial charge in [0.25, 0.3) is 11.8 Å². The van der Waals surface area contributed by atoms with Crippen molar-refractivity contribution < 1.29 is 38.9 Å². The Labute approximate surface area is 304 Å². The van der Waals surface area contributed by atoms with Gasteiger partial charge in [-0.1, -0.05) is 59.7 Å². The summed E-state index contributed by atoms with van der Waals surface area (Å²) in [4.78, 5) is 70.2. The highest BCUT2D eigenvalue weighted by atomic mass is 79.9. The van der Waals surface area contributed by atoms with Crippen LogP contribution in [0, 0.1) is 30.6 Å². The third-order valence-electron chi connectivity index (χ3n) is 10.7. The van der Waals surface area contributed by atoms with Crippen molar-refractivity contribution in [2.75, 3.05) is 19.1 Å². The summed E-state index contributed by atoms with van der Waals surface area (Å²) >= 11 is 7.16. The number of hydrogen-bond donors (Lipinski definition) is 3. The number of carbonyl (C=O) groups is 5. The molecule has 50 heavy (non-hydrogen) atoms. The number of rotatable bonds is 8. The molecule has 4 aliphatic rings. The van der Waals surface area contributed by atoms with Crippen molar-refractivity contribution in [1.29, 1.82) is 0 Å². The molecule has 258 valence electrons. The van der Waals surface area contributed by atoms with E-state index in [1.54, 1.807) is 18.2 Å². The lowest BCUT2D eigenvalue weighted by Gasteiger charge is -2.51. The van der Waals surface area contributed by atoms with E-state index in [1.807, 2.05) is 55.5 Å². The minimum Gasteiger partial charge on any atom is -0.503 e. The molecule has 13 heteroatoms. The number of benzene rings is 3. The molecule has 4 amide bonds. The van der Waals surface area contributed by atoms with E-state index >= 15 is 4.79 Å². The summed E-state index contributed by atoms with van der Waals surface area (Å²) < 4.78 is 6.28. The fraction of sp³-hybridized carbons (Fsp3) is 0.324. The van der Waals surface area contributed by atoms with Crippen LogP contribution in [-0.2, 0) is 29.4 Å². The summed E-state index contributed by atoms with van der Waals surface area (Å²) in [7, 11) is 1.41. The van der Waals surface area contributed by atoms with Crippen LogP contribution in [0.2, 0.25) is 0 Å². The second-order valence-electron chi connectivity index (χ2n) is 13.2. The number of carboxylic acid groups (broad SMARTS) is 1. The van der Waals surface area contributed by atoms with Gasteiger partial charge in [-0.2, -0.15) is 5.01 Å². The lowest BCUT2D eigenvalue weighted by Crippen LogP contribution is -2.53. The Bertz CT molecular complexity index is 1980. The predicted molar refractivity (Wildman–Crippen MR) is 188 cm³/mol. The van der Waals surface area contributed by atoms with Gasteiger partial charge in [0, 0.05) is 16.9 Å². The second kappa shape index (κ2) is 12.7. The molecule has 3 aromatic carbocycles. The Morgan fingerprint density at radius 3 is 2.34 bits per heavy atom. The fourth-order valence-corrected chi connectivity index (χ4v) is 9.52. The molecule has 2 saturated heterocycles. The number of allylic oxidation sites excluding steroid dienone is 2. The van der Waals surface area contributed by atoms with E-state index in [0.29, 0.717) is 26.9 Å². The summed E-state index contributed by atoms with van der Waals surface area (Å²) in [5, 5.41) is 21.3. The van der Waals surface area contributed by atoms with Gasteiger partial charge in [-0.05, 0) is 86.9 Å². The maximum atomic E-state index is 15.3. The van der Waals surface area contributed by atoms with Crippen LogP contribution in [0.3, 0.4) is 0 Å². The van der Waals surface area contributed by atoms with Gasteiger partial charge >= 0.3 is 5.97 Å². The van der Waals surface area contributed by atoms with Gasteiger partial charge in [-0.15, -0.1) is 0 Å². The Morgan fingerprint density at radius 2 is 1.68 bits per heavy atom. The number of anilines is 1. The molecule has 0 aromatic heterocycles. The summed E-state index contributed by atoms with van der Waals surface area (Å²) in [5.74, 6) is -7.10. The van der Waals surface area contributed by atoms with Crippen LogP contribution < -0.4 is 10.2 Å². The lowest BCUT2D eigenvalue weighted by molar-refractivity contribution is -0.143. The first-order chi connectivity index (χ1) is 23.9. The first kappa shape index (κ1) is 34.0. The molecule has 0 spiro atoms. The number of phenols is 1. The topological polar surface area (TPSA) is 154 Å². The molecule has 0 radical (unpaired) electrons. The quantitative estimate of drug-likeness (QED) is 0.193. The molecule has 2 aliphatic heterocycles. The maximum absolute atomic E-state index is 15.3. The van der Waals surface area contributed by atoms with Crippen molar-refractivity contribution in [2.45, 2.75) is 37.5 Å². The fourth-order valence-electron chi connectivity index (χ4n) is 8.56. The number of ether oxygens (including phenoxy) is 1. The molecule has 0 bridgehead atoms. The van der Waals surface area contributed by atoms with Crippen LogP contribution in [-0.4, -0.2) is 63.4 Å². The van der Waals surface area contributed by atoms with Crippen LogP contribution in [0.1, 0.15) is 41.9 Å². The molecular weight excluding hydrogens is 774 g/mol. The summed E-state index contributed by atoms with van der Waals surface area (Å²) in [6.07, 6.45) is 1.81. The largest absolute Gasteiger partial charge is 0.503 e. The molecule has 3 N–H and O–H groups in total. The van der Waals surface area contributed by atoms with Crippen molar-refractivity contribution in [2.24, 2.45) is 23.7 Å². The van der Waals surface area contributed by atoms with E-state index in [-0.39, 0.29) is 41.8 Å². The number of methoxy groups -OCH3 is 1. The highest BCUT2D eigenvalue weighted by Gasteiger charge is 2.70. The van der Waals surface area contributed by atoms with Crippen molar-refractivity contribution >= 4 is 67.1 Å². The number of halogens is 2. The molecule has 11 nitrogen and oxygen atoms in total. The normalized spacial score (nSPS) is 27.1. The molecule has 3 aromatic rings. The number of fused-ring (bicyclic) bond motifs is 4. The van der Waals surface area contributed by atoms with Gasteiger partial charge in [0.15, 0.2) is 11.5 Å². The number of carboxylic acids is 1. The number of amides is 4. The molecule has 1 saturated carbocycles. The number of imide groups is 2. The van der Waals surface area contributed by atoms with Crippen molar-refractivity contribution in [3.63, 3.8) is 0 Å². The SMILES string of the molecule is COc1cc([C@H]2C3=CC[C@@H]4C(=O)N(CCC(=O)O)C(=O)[C@@H]4[C@@H]3C[C@H]3C(=O)N(Nc4ccc(C)cc4)C(=O)[C@@]23c2ccccc2)c(Br)c(Br)c1O. The average molecular weight is 807 g/mol. The predicted octanol–water partition coefficient (Wildman–Crippen LogP) is 5.69. The van der Waals surface area contributed by atoms with Crippen molar-refractivity contribution in [3.05, 3.63) is 97.9 Å². The molecule has 3 fully saturated rings. The first-order valence-electron chi connectivity index (χ1n) is 16.2. The van der Waals surface area contributed by atoms with Crippen molar-refractivity contribution in [1.82, 2.24) is 9.91 Å². The van der Waals surface area contributed by atoms with E-state index in [2.05, 4.69) is 37.3 Å². The summed E-state index contributed by atoms with van der Waals surface area (Å²) in [6, 6.07) is 18.0. The number of carbonyl (C=O) groups excluding carboxylic acids is 4. The van der Waals surface area contributed by atoms with Crippen LogP contribution in [0.5, 0.6) is 11.5 Å². The minimum atomic E-state index is -1.52. The third kappa shape index (κ3) is 4.99. The monoisotopic (exact) mass is 805 g/mol. The smallest absolute Gasteiger partial charge is 0.305 e. The number of hydrazine groups is 1. The number of nitrogens with one attached hydrogen (secondary N) is 1. The highest BCUT2D eigenvalue weighted by molar-refractivity contribution is 9.13. The number of nitrogens with zero attached hydrogens (tertiary/aromatic N) is 2. The Balaban J connectivity index is 1.47. The maximum Gasteiger partial charge on any atom is 0.305 e. The zero-order chi connectivity index (χ0) is 35.6. The minimum absolute atomic E-state index is 0.0921. The van der Waals surface area contributed by atoms with Crippen molar-refractivity contribution in [3.8, 4) is 11.5 Å². The van der Waals surface area contributed by atoms with E-state index in [1.165, 1.54) is 7.11 Å². The van der Waals surface area contributed by atoms with Crippen LogP contribution in [0.15, 0.2) is 81.3 Å². The first-order valence-corrected chi connectivity index (χ1v) is 17.8. The Hall–Kier alpha value is -4.49. The molecule has 2 aliphatic carbocycles. The zero-order valence-electron chi connectivity index (χ0n) is 27.1. The molecule has 2 heterocycles. The van der Waals surface area contributed by atoms with E-state index < -0.39 is 64.6 Å². The highest BCUT2D eigenvalue weighted by Crippen LogP contribution is 2.65. The van der Waals surface area contributed by atoms with Gasteiger partial charge < -0.3 is 14.9 Å². The molecule has 6 atom stereocenters. The summed E-state index contributed by atoms with van der Waals surface area (Å²) in [6.45, 7) is 1.68. The Kier molecular flexibility index (Phi) is 8.62. The zero-order valence-corrected chi connectivity index (χ0v) is 30.2. The molecule has 7 rings (SSSR count).